The lowest BCUT2D eigenvalue weighted by Gasteiger charge is -2.24. The number of rotatable bonds is 4. The van der Waals surface area contributed by atoms with Crippen LogP contribution in [0.2, 0.25) is 0 Å². The van der Waals surface area contributed by atoms with Gasteiger partial charge in [0.15, 0.2) is 0 Å². The number of benzene rings is 1. The van der Waals surface area contributed by atoms with Crippen molar-refractivity contribution in [3.8, 4) is 0 Å². The Morgan fingerprint density at radius 3 is 2.79 bits per heavy atom. The van der Waals surface area contributed by atoms with Gasteiger partial charge >= 0.3 is 6.09 Å². The predicted molar refractivity (Wildman–Crippen MR) is 101 cm³/mol. The van der Waals surface area contributed by atoms with Crippen LogP contribution in [0.1, 0.15) is 27.2 Å². The number of aromatic amines is 1. The second-order valence-corrected chi connectivity index (χ2v) is 9.81. The minimum absolute atomic E-state index is 0.149. The highest BCUT2D eigenvalue weighted by atomic mass is 32.2. The highest BCUT2D eigenvalue weighted by Gasteiger charge is 2.33. The quantitative estimate of drug-likeness (QED) is 0.604. The lowest BCUT2D eigenvalue weighted by molar-refractivity contribution is -0.384. The number of nitrogens with one attached hydrogen (secondary N) is 1. The second-order valence-electron chi connectivity index (χ2n) is 7.86. The van der Waals surface area contributed by atoms with Crippen LogP contribution in [-0.4, -0.2) is 58.7 Å². The van der Waals surface area contributed by atoms with Crippen LogP contribution < -0.4 is 0 Å². The topological polar surface area (TPSA) is 136 Å². The Bertz CT molecular complexity index is 1020. The summed E-state index contributed by atoms with van der Waals surface area (Å²) < 4.78 is 30.8. The Kier molecular flexibility index (Phi) is 5.04. The number of sulfone groups is 1. The first-order valence-corrected chi connectivity index (χ1v) is 10.4. The van der Waals surface area contributed by atoms with Crippen LogP contribution in [0.5, 0.6) is 0 Å². The van der Waals surface area contributed by atoms with Gasteiger partial charge in [-0.15, -0.1) is 0 Å². The Morgan fingerprint density at radius 1 is 1.43 bits per heavy atom. The van der Waals surface area contributed by atoms with Gasteiger partial charge < -0.3 is 14.6 Å². The summed E-state index contributed by atoms with van der Waals surface area (Å²) in [5.41, 5.74) is -0.137. The van der Waals surface area contributed by atoms with E-state index in [4.69, 9.17) is 4.74 Å². The van der Waals surface area contributed by atoms with Gasteiger partial charge in [0.2, 0.25) is 15.0 Å². The number of H-pyrrole nitrogens is 1. The zero-order valence-electron chi connectivity index (χ0n) is 15.8. The maximum Gasteiger partial charge on any atom is 0.410 e. The third-order valence-electron chi connectivity index (χ3n) is 4.34. The standard InChI is InChI=1S/C17H22N4O6S/c1-17(2,3)27-16(22)20-7-6-11(9-20)10-28(25,26)15-18-13-5-4-12(21(23)24)8-14(13)19-15/h4-5,8,11H,6-7,9-10H2,1-3H3,(H,18,19). The monoisotopic (exact) mass is 410 g/mol. The van der Waals surface area contributed by atoms with E-state index >= 15 is 0 Å². The Hall–Kier alpha value is -2.69. The molecule has 1 aliphatic heterocycles. The van der Waals surface area contributed by atoms with E-state index < -0.39 is 26.5 Å². The average Bonchev–Trinajstić information content (AvgIpc) is 3.18. The van der Waals surface area contributed by atoms with E-state index in [1.807, 2.05) is 0 Å². The summed E-state index contributed by atoms with van der Waals surface area (Å²) in [6, 6.07) is 3.93. The molecule has 28 heavy (non-hydrogen) atoms. The molecule has 0 radical (unpaired) electrons. The highest BCUT2D eigenvalue weighted by Crippen LogP contribution is 2.25. The number of nitrogens with zero attached hydrogens (tertiary/aromatic N) is 3. The zero-order chi connectivity index (χ0) is 20.7. The van der Waals surface area contributed by atoms with Gasteiger partial charge in [-0.3, -0.25) is 10.1 Å². The number of carbonyl (C=O) groups excluding carboxylic acids is 1. The molecule has 0 spiro atoms. The van der Waals surface area contributed by atoms with Crippen molar-refractivity contribution in [2.24, 2.45) is 5.92 Å². The number of likely N-dealkylation sites (tertiary alicyclic amines) is 1. The zero-order valence-corrected chi connectivity index (χ0v) is 16.7. The maximum atomic E-state index is 12.7. The van der Waals surface area contributed by atoms with E-state index in [0.717, 1.165) is 0 Å². The van der Waals surface area contributed by atoms with E-state index in [1.165, 1.54) is 23.1 Å². The van der Waals surface area contributed by atoms with Crippen LogP contribution in [0.15, 0.2) is 23.4 Å². The van der Waals surface area contributed by atoms with E-state index in [-0.39, 0.29) is 28.0 Å². The molecule has 1 unspecified atom stereocenters. The lowest BCUT2D eigenvalue weighted by atomic mass is 10.2. The molecule has 3 rings (SSSR count). The molecule has 0 saturated carbocycles. The largest absolute Gasteiger partial charge is 0.444 e. The van der Waals surface area contributed by atoms with Crippen molar-refractivity contribution in [2.75, 3.05) is 18.8 Å². The summed E-state index contributed by atoms with van der Waals surface area (Å²) in [6.45, 7) is 6.04. The van der Waals surface area contributed by atoms with Gasteiger partial charge in [-0.05, 0) is 39.2 Å². The molecule has 2 heterocycles. The molecule has 0 aliphatic carbocycles. The van der Waals surface area contributed by atoms with Gasteiger partial charge in [0.25, 0.3) is 5.69 Å². The van der Waals surface area contributed by atoms with Crippen molar-refractivity contribution in [2.45, 2.75) is 37.9 Å². The van der Waals surface area contributed by atoms with Crippen molar-refractivity contribution in [1.29, 1.82) is 0 Å². The van der Waals surface area contributed by atoms with Crippen LogP contribution in [0.3, 0.4) is 0 Å². The number of hydrogen-bond acceptors (Lipinski definition) is 7. The van der Waals surface area contributed by atoms with Crippen LogP contribution >= 0.6 is 0 Å². The van der Waals surface area contributed by atoms with Crippen LogP contribution in [-0.2, 0) is 14.6 Å². The number of fused-ring (bicyclic) bond motifs is 1. The van der Waals surface area contributed by atoms with E-state index in [0.29, 0.717) is 25.0 Å². The van der Waals surface area contributed by atoms with Crippen LogP contribution in [0.25, 0.3) is 11.0 Å². The first-order chi connectivity index (χ1) is 12.9. The summed E-state index contributed by atoms with van der Waals surface area (Å²) in [6.07, 6.45) is 0.0907. The maximum absolute atomic E-state index is 12.7. The molecular weight excluding hydrogens is 388 g/mol. The molecule has 1 fully saturated rings. The van der Waals surface area contributed by atoms with Crippen LogP contribution in [0.4, 0.5) is 10.5 Å². The molecule has 1 aromatic heterocycles. The molecule has 1 amide bonds. The smallest absolute Gasteiger partial charge is 0.410 e. The van der Waals surface area contributed by atoms with Crippen molar-refractivity contribution in [3.05, 3.63) is 28.3 Å². The third-order valence-corrected chi connectivity index (χ3v) is 6.03. The third kappa shape index (κ3) is 4.41. The Balaban J connectivity index is 1.71. The fraction of sp³-hybridized carbons (Fsp3) is 0.529. The number of nitro benzene ring substituents is 1. The van der Waals surface area contributed by atoms with Crippen molar-refractivity contribution >= 4 is 32.7 Å². The van der Waals surface area contributed by atoms with Gasteiger partial charge in [-0.2, -0.15) is 0 Å². The number of carbonyl (C=O) groups is 1. The summed E-state index contributed by atoms with van der Waals surface area (Å²) in [4.78, 5) is 30.7. The summed E-state index contributed by atoms with van der Waals surface area (Å²) in [7, 11) is -3.74. The summed E-state index contributed by atoms with van der Waals surface area (Å²) in [5.74, 6) is -0.408. The van der Waals surface area contributed by atoms with Gasteiger partial charge in [0.05, 0.1) is 21.7 Å². The molecule has 0 bridgehead atoms. The summed E-state index contributed by atoms with van der Waals surface area (Å²) >= 11 is 0. The number of amides is 1. The minimum Gasteiger partial charge on any atom is -0.444 e. The SMILES string of the molecule is CC(C)(C)OC(=O)N1CCC(CS(=O)(=O)c2nc3ccc([N+](=O)[O-])cc3[nH]2)C1. The first-order valence-electron chi connectivity index (χ1n) is 8.79. The molecule has 10 nitrogen and oxygen atoms in total. The van der Waals surface area contributed by atoms with Crippen molar-refractivity contribution < 1.29 is 22.9 Å². The molecule has 11 heteroatoms. The average molecular weight is 410 g/mol. The number of non-ortho nitro benzene ring substituents is 1. The number of hydrogen-bond donors (Lipinski definition) is 1. The summed E-state index contributed by atoms with van der Waals surface area (Å²) in [5, 5.41) is 10.6. The molecule has 2 aromatic rings. The van der Waals surface area contributed by atoms with Gasteiger partial charge in [-0.1, -0.05) is 0 Å². The molecule has 1 aromatic carbocycles. The van der Waals surface area contributed by atoms with Gasteiger partial charge in [0, 0.05) is 25.2 Å². The van der Waals surface area contributed by atoms with Crippen LogP contribution in [0, 0.1) is 16.0 Å². The molecule has 1 saturated heterocycles. The normalized spacial score (nSPS) is 17.8. The Labute approximate surface area is 161 Å². The minimum atomic E-state index is -3.74. The highest BCUT2D eigenvalue weighted by molar-refractivity contribution is 7.91. The predicted octanol–water partition coefficient (Wildman–Crippen LogP) is 2.50. The second kappa shape index (κ2) is 7.04. The number of aromatic nitrogens is 2. The van der Waals surface area contributed by atoms with Gasteiger partial charge in [0.1, 0.15) is 5.60 Å². The molecular formula is C17H22N4O6S. The van der Waals surface area contributed by atoms with Crippen molar-refractivity contribution in [3.63, 3.8) is 0 Å². The van der Waals surface area contributed by atoms with Crippen molar-refractivity contribution in [1.82, 2.24) is 14.9 Å². The molecule has 152 valence electrons. The van der Waals surface area contributed by atoms with E-state index in [1.54, 1.807) is 20.8 Å². The number of nitro groups is 1. The molecule has 1 aliphatic rings. The van der Waals surface area contributed by atoms with E-state index in [2.05, 4.69) is 9.97 Å². The Morgan fingerprint density at radius 2 is 2.14 bits per heavy atom. The lowest BCUT2D eigenvalue weighted by Crippen LogP contribution is -2.35. The first kappa shape index (κ1) is 20.1. The fourth-order valence-corrected chi connectivity index (χ4v) is 4.64. The fourth-order valence-electron chi connectivity index (χ4n) is 3.09. The van der Waals surface area contributed by atoms with Gasteiger partial charge in [-0.25, -0.2) is 18.2 Å². The number of ether oxygens (including phenoxy) is 1. The number of imidazole rings is 1. The molecule has 1 atom stereocenters. The van der Waals surface area contributed by atoms with E-state index in [9.17, 15) is 23.3 Å². The molecule has 1 N–H and O–H groups in total.